The van der Waals surface area contributed by atoms with Gasteiger partial charge in [0.05, 0.1) is 0 Å². The van der Waals surface area contributed by atoms with Gasteiger partial charge in [0.2, 0.25) is 11.8 Å². The first kappa shape index (κ1) is 21.7. The van der Waals surface area contributed by atoms with Gasteiger partial charge in [0.25, 0.3) is 0 Å². The molecule has 0 radical (unpaired) electrons. The number of benzene rings is 2. The number of carbonyl (C=O) groups is 2. The summed E-state index contributed by atoms with van der Waals surface area (Å²) in [5, 5.41) is 2.96. The summed E-state index contributed by atoms with van der Waals surface area (Å²) in [6.45, 7) is 7.11. The molecule has 0 bridgehead atoms. The molecule has 0 fully saturated rings. The first-order chi connectivity index (χ1) is 13.5. The van der Waals surface area contributed by atoms with Crippen LogP contribution in [-0.2, 0) is 22.6 Å². The molecule has 4 heteroatoms. The highest BCUT2D eigenvalue weighted by Gasteiger charge is 2.28. The molecule has 1 atom stereocenters. The average Bonchev–Trinajstić information content (AvgIpc) is 2.71. The highest BCUT2D eigenvalue weighted by molar-refractivity contribution is 5.87. The second kappa shape index (κ2) is 11.3. The third-order valence-electron chi connectivity index (χ3n) is 4.84. The summed E-state index contributed by atoms with van der Waals surface area (Å²) in [5.74, 6) is -0.0473. The van der Waals surface area contributed by atoms with Crippen LogP contribution in [0.3, 0.4) is 0 Å². The Morgan fingerprint density at radius 3 is 2.36 bits per heavy atom. The fraction of sp³-hybridized carbons (Fsp3) is 0.417. The van der Waals surface area contributed by atoms with Gasteiger partial charge in [-0.2, -0.15) is 0 Å². The summed E-state index contributed by atoms with van der Waals surface area (Å²) in [7, 11) is 0. The van der Waals surface area contributed by atoms with Gasteiger partial charge in [-0.1, -0.05) is 74.0 Å². The molecule has 2 aromatic rings. The average molecular weight is 381 g/mol. The van der Waals surface area contributed by atoms with Gasteiger partial charge in [0.1, 0.15) is 6.04 Å². The van der Waals surface area contributed by atoms with E-state index in [1.807, 2.05) is 69.3 Å². The second-order valence-corrected chi connectivity index (χ2v) is 7.21. The van der Waals surface area contributed by atoms with E-state index in [0.29, 0.717) is 32.4 Å². The number of nitrogens with zero attached hydrogens (tertiary/aromatic N) is 1. The summed E-state index contributed by atoms with van der Waals surface area (Å²) >= 11 is 0. The van der Waals surface area contributed by atoms with Crippen molar-refractivity contribution in [3.8, 4) is 0 Å². The molecule has 0 heterocycles. The van der Waals surface area contributed by atoms with E-state index in [9.17, 15) is 9.59 Å². The van der Waals surface area contributed by atoms with E-state index in [2.05, 4.69) is 11.4 Å². The summed E-state index contributed by atoms with van der Waals surface area (Å²) in [6.07, 6.45) is 2.55. The lowest BCUT2D eigenvalue weighted by atomic mass is 10.1. The predicted molar refractivity (Wildman–Crippen MR) is 114 cm³/mol. The topological polar surface area (TPSA) is 49.4 Å². The van der Waals surface area contributed by atoms with Gasteiger partial charge in [-0.05, 0) is 37.3 Å². The summed E-state index contributed by atoms with van der Waals surface area (Å²) in [6, 6.07) is 17.7. The SMILES string of the molecule is CCCNC(=O)[C@H](CC)N(Cc1cccc(C)c1)C(=O)CCc1ccccc1. The molecular formula is C24H32N2O2. The van der Waals surface area contributed by atoms with Gasteiger partial charge in [-0.15, -0.1) is 0 Å². The molecule has 150 valence electrons. The molecule has 0 aromatic heterocycles. The van der Waals surface area contributed by atoms with Gasteiger partial charge in [0, 0.05) is 19.5 Å². The van der Waals surface area contributed by atoms with Crippen molar-refractivity contribution in [2.45, 2.75) is 59.0 Å². The molecule has 28 heavy (non-hydrogen) atoms. The molecule has 1 N–H and O–H groups in total. The third-order valence-corrected chi connectivity index (χ3v) is 4.84. The number of hydrogen-bond acceptors (Lipinski definition) is 2. The summed E-state index contributed by atoms with van der Waals surface area (Å²) in [5.41, 5.74) is 3.34. The van der Waals surface area contributed by atoms with Crippen molar-refractivity contribution in [3.05, 3.63) is 71.3 Å². The van der Waals surface area contributed by atoms with E-state index in [1.54, 1.807) is 4.90 Å². The van der Waals surface area contributed by atoms with Crippen LogP contribution < -0.4 is 5.32 Å². The number of rotatable bonds is 10. The van der Waals surface area contributed by atoms with E-state index in [1.165, 1.54) is 0 Å². The normalized spacial score (nSPS) is 11.7. The van der Waals surface area contributed by atoms with Crippen molar-refractivity contribution in [2.24, 2.45) is 0 Å². The monoisotopic (exact) mass is 380 g/mol. The van der Waals surface area contributed by atoms with Crippen LogP contribution in [0.5, 0.6) is 0 Å². The first-order valence-electron chi connectivity index (χ1n) is 10.2. The Kier molecular flexibility index (Phi) is 8.73. The van der Waals surface area contributed by atoms with E-state index >= 15 is 0 Å². The van der Waals surface area contributed by atoms with Crippen molar-refractivity contribution in [1.82, 2.24) is 10.2 Å². The minimum atomic E-state index is -0.449. The highest BCUT2D eigenvalue weighted by atomic mass is 16.2. The van der Waals surface area contributed by atoms with Crippen LogP contribution in [0, 0.1) is 6.92 Å². The maximum atomic E-state index is 13.1. The molecule has 0 saturated carbocycles. The predicted octanol–water partition coefficient (Wildman–Crippen LogP) is 4.26. The zero-order valence-electron chi connectivity index (χ0n) is 17.3. The zero-order chi connectivity index (χ0) is 20.4. The van der Waals surface area contributed by atoms with Gasteiger partial charge in [0.15, 0.2) is 0 Å². The van der Waals surface area contributed by atoms with Crippen LogP contribution in [0.2, 0.25) is 0 Å². The molecule has 2 aromatic carbocycles. The quantitative estimate of drug-likeness (QED) is 0.669. The maximum absolute atomic E-state index is 13.1. The van der Waals surface area contributed by atoms with Crippen LogP contribution in [0.4, 0.5) is 0 Å². The standard InChI is InChI=1S/C24H32N2O2/c1-4-16-25-24(28)22(5-2)26(18-21-13-9-10-19(3)17-21)23(27)15-14-20-11-7-6-8-12-20/h6-13,17,22H,4-5,14-16,18H2,1-3H3,(H,25,28)/t22-/m0/s1. The number of amides is 2. The molecule has 2 amide bonds. The van der Waals surface area contributed by atoms with Crippen LogP contribution in [0.25, 0.3) is 0 Å². The smallest absolute Gasteiger partial charge is 0.242 e. The summed E-state index contributed by atoms with van der Waals surface area (Å²) in [4.78, 5) is 27.6. The van der Waals surface area contributed by atoms with Crippen LogP contribution >= 0.6 is 0 Å². The van der Waals surface area contributed by atoms with Crippen molar-refractivity contribution < 1.29 is 9.59 Å². The number of hydrogen-bond donors (Lipinski definition) is 1. The Balaban J connectivity index is 2.17. The second-order valence-electron chi connectivity index (χ2n) is 7.21. The Hall–Kier alpha value is -2.62. The Labute approximate surface area is 169 Å². The number of nitrogens with one attached hydrogen (secondary N) is 1. The molecule has 0 aliphatic carbocycles. The largest absolute Gasteiger partial charge is 0.354 e. The Morgan fingerprint density at radius 1 is 1.00 bits per heavy atom. The molecule has 0 aliphatic rings. The molecule has 0 spiro atoms. The van der Waals surface area contributed by atoms with Crippen molar-refractivity contribution >= 4 is 11.8 Å². The molecule has 2 rings (SSSR count). The van der Waals surface area contributed by atoms with Gasteiger partial charge in [-0.25, -0.2) is 0 Å². The molecule has 0 saturated heterocycles. The van der Waals surface area contributed by atoms with Gasteiger partial charge >= 0.3 is 0 Å². The third kappa shape index (κ3) is 6.52. The lowest BCUT2D eigenvalue weighted by Gasteiger charge is -2.31. The minimum absolute atomic E-state index is 0.0175. The van der Waals surface area contributed by atoms with Gasteiger partial charge < -0.3 is 10.2 Å². The maximum Gasteiger partial charge on any atom is 0.242 e. The molecule has 4 nitrogen and oxygen atoms in total. The lowest BCUT2D eigenvalue weighted by molar-refractivity contribution is -0.141. The minimum Gasteiger partial charge on any atom is -0.354 e. The van der Waals surface area contributed by atoms with Crippen molar-refractivity contribution in [2.75, 3.05) is 6.54 Å². The highest BCUT2D eigenvalue weighted by Crippen LogP contribution is 2.16. The van der Waals surface area contributed by atoms with Crippen LogP contribution in [0.15, 0.2) is 54.6 Å². The van der Waals surface area contributed by atoms with E-state index in [-0.39, 0.29) is 11.8 Å². The van der Waals surface area contributed by atoms with Crippen LogP contribution in [-0.4, -0.2) is 29.3 Å². The van der Waals surface area contributed by atoms with E-state index < -0.39 is 6.04 Å². The summed E-state index contributed by atoms with van der Waals surface area (Å²) < 4.78 is 0. The Bertz CT molecular complexity index is 758. The zero-order valence-corrected chi connectivity index (χ0v) is 17.3. The molecule has 0 unspecified atom stereocenters. The number of aryl methyl sites for hydroxylation is 2. The lowest BCUT2D eigenvalue weighted by Crippen LogP contribution is -2.49. The van der Waals surface area contributed by atoms with Gasteiger partial charge in [-0.3, -0.25) is 9.59 Å². The fourth-order valence-corrected chi connectivity index (χ4v) is 3.33. The number of carbonyl (C=O) groups excluding carboxylic acids is 2. The molecular weight excluding hydrogens is 348 g/mol. The Morgan fingerprint density at radius 2 is 1.71 bits per heavy atom. The van der Waals surface area contributed by atoms with Crippen molar-refractivity contribution in [3.63, 3.8) is 0 Å². The molecule has 0 aliphatic heterocycles. The van der Waals surface area contributed by atoms with E-state index in [4.69, 9.17) is 0 Å². The van der Waals surface area contributed by atoms with Crippen LogP contribution in [0.1, 0.15) is 49.8 Å². The van der Waals surface area contributed by atoms with Crippen molar-refractivity contribution in [1.29, 1.82) is 0 Å². The fourth-order valence-electron chi connectivity index (χ4n) is 3.33. The van der Waals surface area contributed by atoms with E-state index in [0.717, 1.165) is 23.1 Å². The first-order valence-corrected chi connectivity index (χ1v) is 10.2.